The van der Waals surface area contributed by atoms with Crippen molar-refractivity contribution in [2.75, 3.05) is 6.61 Å². The van der Waals surface area contributed by atoms with Crippen LogP contribution in [0.25, 0.3) is 0 Å². The SMILES string of the molecule is CC(C)NC(=O)C12CCC(CO)(CC1)CC2. The van der Waals surface area contributed by atoms with Gasteiger partial charge in [0.1, 0.15) is 0 Å². The molecule has 3 rings (SSSR count). The molecular weight excluding hydrogens is 202 g/mol. The number of hydrogen-bond donors (Lipinski definition) is 2. The summed E-state index contributed by atoms with van der Waals surface area (Å²) in [4.78, 5) is 12.2. The van der Waals surface area contributed by atoms with Crippen LogP contribution < -0.4 is 5.32 Å². The van der Waals surface area contributed by atoms with Gasteiger partial charge in [0.05, 0.1) is 0 Å². The Morgan fingerprint density at radius 2 is 1.69 bits per heavy atom. The molecule has 2 N–H and O–H groups in total. The van der Waals surface area contributed by atoms with Gasteiger partial charge in [0.25, 0.3) is 0 Å². The van der Waals surface area contributed by atoms with Gasteiger partial charge in [0, 0.05) is 18.1 Å². The molecule has 0 spiro atoms. The zero-order valence-corrected chi connectivity index (χ0v) is 10.4. The lowest BCUT2D eigenvalue weighted by Gasteiger charge is -2.51. The average Bonchev–Trinajstić information content (AvgIpc) is 2.30. The molecule has 0 aliphatic heterocycles. The van der Waals surface area contributed by atoms with Gasteiger partial charge < -0.3 is 10.4 Å². The van der Waals surface area contributed by atoms with Crippen LogP contribution in [0.5, 0.6) is 0 Å². The van der Waals surface area contributed by atoms with E-state index in [9.17, 15) is 9.90 Å². The Hall–Kier alpha value is -0.570. The van der Waals surface area contributed by atoms with Crippen LogP contribution in [0, 0.1) is 10.8 Å². The highest BCUT2D eigenvalue weighted by atomic mass is 16.3. The van der Waals surface area contributed by atoms with E-state index in [1.54, 1.807) is 0 Å². The first kappa shape index (κ1) is 11.9. The van der Waals surface area contributed by atoms with Crippen LogP contribution in [0.4, 0.5) is 0 Å². The van der Waals surface area contributed by atoms with Gasteiger partial charge >= 0.3 is 0 Å². The maximum absolute atomic E-state index is 12.2. The van der Waals surface area contributed by atoms with Crippen LogP contribution in [0.2, 0.25) is 0 Å². The van der Waals surface area contributed by atoms with E-state index in [2.05, 4.69) is 5.32 Å². The van der Waals surface area contributed by atoms with E-state index in [1.807, 2.05) is 13.8 Å². The first-order valence-corrected chi connectivity index (χ1v) is 6.44. The Labute approximate surface area is 97.6 Å². The van der Waals surface area contributed by atoms with Crippen LogP contribution in [0.3, 0.4) is 0 Å². The molecule has 0 aromatic heterocycles. The number of carbonyl (C=O) groups excluding carboxylic acids is 1. The van der Waals surface area contributed by atoms with Crippen molar-refractivity contribution in [3.8, 4) is 0 Å². The highest BCUT2D eigenvalue weighted by molar-refractivity contribution is 5.83. The molecule has 0 saturated heterocycles. The van der Waals surface area contributed by atoms with Crippen LogP contribution in [-0.4, -0.2) is 23.7 Å². The number of amides is 1. The Balaban J connectivity index is 2.05. The van der Waals surface area contributed by atoms with Crippen molar-refractivity contribution in [1.82, 2.24) is 5.32 Å². The second-order valence-corrected chi connectivity index (χ2v) is 6.07. The quantitative estimate of drug-likeness (QED) is 0.770. The maximum atomic E-state index is 12.2. The summed E-state index contributed by atoms with van der Waals surface area (Å²) in [5.41, 5.74) is 0.0427. The number of fused-ring (bicyclic) bond motifs is 3. The van der Waals surface area contributed by atoms with E-state index >= 15 is 0 Å². The average molecular weight is 225 g/mol. The summed E-state index contributed by atoms with van der Waals surface area (Å²) < 4.78 is 0. The fourth-order valence-electron chi connectivity index (χ4n) is 3.26. The van der Waals surface area contributed by atoms with E-state index in [0.717, 1.165) is 38.5 Å². The van der Waals surface area contributed by atoms with E-state index in [0.29, 0.717) is 6.61 Å². The standard InChI is InChI=1S/C13H23NO2/c1-10(2)14-11(16)13-6-3-12(9-15,4-7-13)5-8-13/h10,15H,3-9H2,1-2H3,(H,14,16). The highest BCUT2D eigenvalue weighted by Crippen LogP contribution is 2.56. The normalized spacial score (nSPS) is 37.8. The lowest BCUT2D eigenvalue weighted by atomic mass is 9.53. The summed E-state index contributed by atoms with van der Waals surface area (Å²) in [6.07, 6.45) is 5.96. The molecule has 3 nitrogen and oxygen atoms in total. The molecule has 0 radical (unpaired) electrons. The van der Waals surface area contributed by atoms with Crippen molar-refractivity contribution >= 4 is 5.91 Å². The van der Waals surface area contributed by atoms with E-state index in [1.165, 1.54) is 0 Å². The molecule has 0 unspecified atom stereocenters. The topological polar surface area (TPSA) is 49.3 Å². The number of aliphatic hydroxyl groups is 1. The molecule has 16 heavy (non-hydrogen) atoms. The van der Waals surface area contributed by atoms with Crippen LogP contribution >= 0.6 is 0 Å². The second kappa shape index (κ2) is 4.02. The monoisotopic (exact) mass is 225 g/mol. The van der Waals surface area contributed by atoms with Crippen molar-refractivity contribution in [1.29, 1.82) is 0 Å². The molecule has 3 fully saturated rings. The van der Waals surface area contributed by atoms with Crippen LogP contribution in [0.1, 0.15) is 52.4 Å². The molecule has 0 aromatic rings. The molecule has 0 atom stereocenters. The molecule has 1 amide bonds. The zero-order valence-electron chi connectivity index (χ0n) is 10.4. The van der Waals surface area contributed by atoms with Crippen molar-refractivity contribution < 1.29 is 9.90 Å². The van der Waals surface area contributed by atoms with Gasteiger partial charge in [0.2, 0.25) is 5.91 Å². The summed E-state index contributed by atoms with van der Waals surface area (Å²) >= 11 is 0. The van der Waals surface area contributed by atoms with Crippen molar-refractivity contribution in [2.24, 2.45) is 10.8 Å². The minimum atomic E-state index is -0.110. The zero-order chi connectivity index (χ0) is 11.8. The van der Waals surface area contributed by atoms with Crippen molar-refractivity contribution in [2.45, 2.75) is 58.4 Å². The fraction of sp³-hybridized carbons (Fsp3) is 0.923. The molecular formula is C13H23NO2. The molecule has 3 aliphatic rings. The summed E-state index contributed by atoms with van der Waals surface area (Å²) in [6.45, 7) is 4.32. The van der Waals surface area contributed by atoms with E-state index < -0.39 is 0 Å². The molecule has 3 saturated carbocycles. The van der Waals surface area contributed by atoms with Gasteiger partial charge in [-0.3, -0.25) is 4.79 Å². The Morgan fingerprint density at radius 3 is 2.06 bits per heavy atom. The second-order valence-electron chi connectivity index (χ2n) is 6.07. The Bertz CT molecular complexity index is 261. The van der Waals surface area contributed by atoms with Gasteiger partial charge in [-0.15, -0.1) is 0 Å². The predicted octanol–water partition coefficient (Wildman–Crippen LogP) is 1.84. The van der Waals surface area contributed by atoms with Gasteiger partial charge in [-0.05, 0) is 57.8 Å². The smallest absolute Gasteiger partial charge is 0.226 e. The molecule has 3 heteroatoms. The summed E-state index contributed by atoms with van der Waals surface area (Å²) in [5, 5.41) is 12.5. The number of aliphatic hydroxyl groups excluding tert-OH is 1. The third-order valence-electron chi connectivity index (χ3n) is 4.64. The van der Waals surface area contributed by atoms with Gasteiger partial charge in [-0.2, -0.15) is 0 Å². The number of nitrogens with one attached hydrogen (secondary N) is 1. The Kier molecular flexibility index (Phi) is 2.99. The fourth-order valence-corrected chi connectivity index (χ4v) is 3.26. The van der Waals surface area contributed by atoms with Crippen LogP contribution in [-0.2, 0) is 4.79 Å². The lowest BCUT2D eigenvalue weighted by molar-refractivity contribution is -0.142. The highest BCUT2D eigenvalue weighted by Gasteiger charge is 2.51. The van der Waals surface area contributed by atoms with E-state index in [-0.39, 0.29) is 22.8 Å². The van der Waals surface area contributed by atoms with Gasteiger partial charge in [-0.1, -0.05) is 0 Å². The lowest BCUT2D eigenvalue weighted by Crippen LogP contribution is -2.52. The molecule has 2 bridgehead atoms. The predicted molar refractivity (Wildman–Crippen MR) is 62.9 cm³/mol. The Morgan fingerprint density at radius 1 is 1.19 bits per heavy atom. The number of hydrogen-bond acceptors (Lipinski definition) is 2. The minimum absolute atomic E-state index is 0.110. The minimum Gasteiger partial charge on any atom is -0.396 e. The van der Waals surface area contributed by atoms with Crippen molar-refractivity contribution in [3.63, 3.8) is 0 Å². The van der Waals surface area contributed by atoms with Gasteiger partial charge in [0.15, 0.2) is 0 Å². The number of rotatable bonds is 3. The molecule has 0 aromatic carbocycles. The van der Waals surface area contributed by atoms with Crippen LogP contribution in [0.15, 0.2) is 0 Å². The maximum Gasteiger partial charge on any atom is 0.226 e. The third kappa shape index (κ3) is 1.86. The first-order valence-electron chi connectivity index (χ1n) is 6.44. The third-order valence-corrected chi connectivity index (χ3v) is 4.64. The molecule has 0 heterocycles. The number of carbonyl (C=O) groups is 1. The largest absolute Gasteiger partial charge is 0.396 e. The summed E-state index contributed by atoms with van der Waals surface area (Å²) in [5.74, 6) is 0.244. The first-order chi connectivity index (χ1) is 7.52. The van der Waals surface area contributed by atoms with Gasteiger partial charge in [-0.25, -0.2) is 0 Å². The summed E-state index contributed by atoms with van der Waals surface area (Å²) in [6, 6.07) is 0.230. The van der Waals surface area contributed by atoms with E-state index in [4.69, 9.17) is 0 Å². The van der Waals surface area contributed by atoms with Crippen molar-refractivity contribution in [3.05, 3.63) is 0 Å². The summed E-state index contributed by atoms with van der Waals surface area (Å²) in [7, 11) is 0. The molecule has 3 aliphatic carbocycles. The molecule has 92 valence electrons.